The molecule has 1 amide bonds. The summed E-state index contributed by atoms with van der Waals surface area (Å²) in [4.78, 5) is 17.4. The molecule has 0 aliphatic carbocycles. The maximum Gasteiger partial charge on any atom is 0.273 e. The van der Waals surface area contributed by atoms with E-state index in [9.17, 15) is 9.90 Å². The van der Waals surface area contributed by atoms with Crippen LogP contribution >= 0.6 is 0 Å². The standard InChI is InChI=1S/C13H16N4O2/c1-9(18)10-4-5-12(14-8-10)17-7-6-11(15-17)13(19)16(2)3/h4-9,18H,1-3H3/t9-/m1/s1. The highest BCUT2D eigenvalue weighted by molar-refractivity contribution is 5.91. The first-order chi connectivity index (χ1) is 8.99. The highest BCUT2D eigenvalue weighted by Crippen LogP contribution is 2.12. The monoisotopic (exact) mass is 260 g/mol. The third kappa shape index (κ3) is 2.79. The third-order valence-corrected chi connectivity index (χ3v) is 2.70. The highest BCUT2D eigenvalue weighted by Gasteiger charge is 2.12. The average Bonchev–Trinajstić information content (AvgIpc) is 2.87. The molecule has 0 spiro atoms. The molecule has 2 heterocycles. The van der Waals surface area contributed by atoms with Crippen LogP contribution in [0.25, 0.3) is 5.82 Å². The van der Waals surface area contributed by atoms with E-state index >= 15 is 0 Å². The van der Waals surface area contributed by atoms with Gasteiger partial charge in [-0.05, 0) is 24.6 Å². The molecule has 0 unspecified atom stereocenters. The molecule has 6 heteroatoms. The Bertz CT molecular complexity index is 573. The van der Waals surface area contributed by atoms with Crippen molar-refractivity contribution in [2.75, 3.05) is 14.1 Å². The number of hydrogen-bond donors (Lipinski definition) is 1. The van der Waals surface area contributed by atoms with E-state index in [1.165, 1.54) is 9.58 Å². The molecule has 0 aromatic carbocycles. The summed E-state index contributed by atoms with van der Waals surface area (Å²) < 4.78 is 1.53. The number of nitrogens with zero attached hydrogens (tertiary/aromatic N) is 4. The van der Waals surface area contributed by atoms with Crippen LogP contribution in [0.5, 0.6) is 0 Å². The van der Waals surface area contributed by atoms with Crippen LogP contribution in [0, 0.1) is 0 Å². The lowest BCUT2D eigenvalue weighted by Crippen LogP contribution is -2.22. The van der Waals surface area contributed by atoms with Crippen molar-refractivity contribution in [3.05, 3.63) is 41.9 Å². The van der Waals surface area contributed by atoms with E-state index in [2.05, 4.69) is 10.1 Å². The summed E-state index contributed by atoms with van der Waals surface area (Å²) in [5.41, 5.74) is 1.10. The topological polar surface area (TPSA) is 71.2 Å². The zero-order chi connectivity index (χ0) is 14.0. The summed E-state index contributed by atoms with van der Waals surface area (Å²) in [5.74, 6) is 0.446. The van der Waals surface area contributed by atoms with E-state index in [1.807, 2.05) is 0 Å². The number of amides is 1. The summed E-state index contributed by atoms with van der Waals surface area (Å²) >= 11 is 0. The summed E-state index contributed by atoms with van der Waals surface area (Å²) in [6.45, 7) is 1.68. The van der Waals surface area contributed by atoms with Crippen molar-refractivity contribution in [1.29, 1.82) is 0 Å². The zero-order valence-corrected chi connectivity index (χ0v) is 11.1. The van der Waals surface area contributed by atoms with Gasteiger partial charge in [-0.25, -0.2) is 9.67 Å². The fraction of sp³-hybridized carbons (Fsp3) is 0.308. The van der Waals surface area contributed by atoms with Crippen molar-refractivity contribution in [2.24, 2.45) is 0 Å². The van der Waals surface area contributed by atoms with Gasteiger partial charge in [0.15, 0.2) is 11.5 Å². The van der Waals surface area contributed by atoms with Gasteiger partial charge in [-0.15, -0.1) is 0 Å². The summed E-state index contributed by atoms with van der Waals surface area (Å²) in [7, 11) is 3.36. The molecule has 2 aromatic heterocycles. The van der Waals surface area contributed by atoms with Gasteiger partial charge in [0.1, 0.15) is 0 Å². The van der Waals surface area contributed by atoms with Gasteiger partial charge in [-0.1, -0.05) is 6.07 Å². The third-order valence-electron chi connectivity index (χ3n) is 2.70. The van der Waals surface area contributed by atoms with E-state index < -0.39 is 6.10 Å². The molecule has 19 heavy (non-hydrogen) atoms. The van der Waals surface area contributed by atoms with Gasteiger partial charge in [-0.2, -0.15) is 5.10 Å². The molecule has 0 saturated heterocycles. The van der Waals surface area contributed by atoms with Crippen LogP contribution in [0.1, 0.15) is 29.1 Å². The Morgan fingerprint density at radius 3 is 2.63 bits per heavy atom. The van der Waals surface area contributed by atoms with Crippen LogP contribution in [0.3, 0.4) is 0 Å². The number of aliphatic hydroxyl groups excluding tert-OH is 1. The second-order valence-electron chi connectivity index (χ2n) is 4.47. The molecule has 0 bridgehead atoms. The number of rotatable bonds is 3. The Labute approximate surface area is 111 Å². The first kappa shape index (κ1) is 13.2. The van der Waals surface area contributed by atoms with Gasteiger partial charge in [0, 0.05) is 26.5 Å². The lowest BCUT2D eigenvalue weighted by atomic mass is 10.2. The van der Waals surface area contributed by atoms with Crippen molar-refractivity contribution in [3.8, 4) is 5.82 Å². The molecule has 2 rings (SSSR count). The Morgan fingerprint density at radius 2 is 2.11 bits per heavy atom. The molecule has 1 N–H and O–H groups in total. The number of carbonyl (C=O) groups is 1. The minimum Gasteiger partial charge on any atom is -0.389 e. The predicted molar refractivity (Wildman–Crippen MR) is 70.0 cm³/mol. The molecule has 6 nitrogen and oxygen atoms in total. The van der Waals surface area contributed by atoms with Crippen molar-refractivity contribution in [2.45, 2.75) is 13.0 Å². The van der Waals surface area contributed by atoms with Crippen LogP contribution in [0.15, 0.2) is 30.6 Å². The van der Waals surface area contributed by atoms with Crippen LogP contribution < -0.4 is 0 Å². The maximum atomic E-state index is 11.7. The maximum absolute atomic E-state index is 11.7. The molecule has 2 aromatic rings. The van der Waals surface area contributed by atoms with Crippen molar-refractivity contribution in [1.82, 2.24) is 19.7 Å². The van der Waals surface area contributed by atoms with Gasteiger partial charge in [0.05, 0.1) is 6.10 Å². The molecular formula is C13H16N4O2. The van der Waals surface area contributed by atoms with Gasteiger partial charge in [0.2, 0.25) is 0 Å². The molecule has 1 atom stereocenters. The largest absolute Gasteiger partial charge is 0.389 e. The lowest BCUT2D eigenvalue weighted by molar-refractivity contribution is 0.0821. The van der Waals surface area contributed by atoms with E-state index in [4.69, 9.17) is 0 Å². The summed E-state index contributed by atoms with van der Waals surface area (Å²) in [6, 6.07) is 5.17. The number of pyridine rings is 1. The Hall–Kier alpha value is -2.21. The quantitative estimate of drug-likeness (QED) is 0.894. The van der Waals surface area contributed by atoms with Gasteiger partial charge in [-0.3, -0.25) is 4.79 Å². The Morgan fingerprint density at radius 1 is 1.37 bits per heavy atom. The van der Waals surface area contributed by atoms with E-state index in [1.54, 1.807) is 51.6 Å². The smallest absolute Gasteiger partial charge is 0.273 e. The molecule has 0 radical (unpaired) electrons. The van der Waals surface area contributed by atoms with Crippen LogP contribution in [-0.4, -0.2) is 44.8 Å². The number of hydrogen-bond acceptors (Lipinski definition) is 4. The van der Waals surface area contributed by atoms with Crippen LogP contribution in [0.2, 0.25) is 0 Å². The van der Waals surface area contributed by atoms with Gasteiger partial charge < -0.3 is 10.0 Å². The van der Waals surface area contributed by atoms with Crippen molar-refractivity contribution in [3.63, 3.8) is 0 Å². The fourth-order valence-electron chi connectivity index (χ4n) is 1.57. The minimum absolute atomic E-state index is 0.153. The fourth-order valence-corrected chi connectivity index (χ4v) is 1.57. The molecule has 100 valence electrons. The highest BCUT2D eigenvalue weighted by atomic mass is 16.3. The van der Waals surface area contributed by atoms with E-state index in [0.29, 0.717) is 11.5 Å². The number of aliphatic hydroxyl groups is 1. The SMILES string of the molecule is C[C@@H](O)c1ccc(-n2ccc(C(=O)N(C)C)n2)nc1. The minimum atomic E-state index is -0.551. The first-order valence-corrected chi connectivity index (χ1v) is 5.90. The molecule has 0 saturated carbocycles. The predicted octanol–water partition coefficient (Wildman–Crippen LogP) is 1.02. The summed E-state index contributed by atoms with van der Waals surface area (Å²) in [5, 5.41) is 13.6. The molecule has 0 aliphatic heterocycles. The van der Waals surface area contributed by atoms with E-state index in [-0.39, 0.29) is 5.91 Å². The first-order valence-electron chi connectivity index (χ1n) is 5.90. The second-order valence-corrected chi connectivity index (χ2v) is 4.47. The number of carbonyl (C=O) groups excluding carboxylic acids is 1. The van der Waals surface area contributed by atoms with Crippen LogP contribution in [0.4, 0.5) is 0 Å². The molecule has 0 aliphatic rings. The van der Waals surface area contributed by atoms with Crippen molar-refractivity contribution >= 4 is 5.91 Å². The van der Waals surface area contributed by atoms with Gasteiger partial charge in [0.25, 0.3) is 5.91 Å². The second kappa shape index (κ2) is 5.19. The molecular weight excluding hydrogens is 244 g/mol. The average molecular weight is 260 g/mol. The molecule has 0 fully saturated rings. The Balaban J connectivity index is 2.25. The zero-order valence-electron chi connectivity index (χ0n) is 11.1. The lowest BCUT2D eigenvalue weighted by Gasteiger charge is -2.07. The summed E-state index contributed by atoms with van der Waals surface area (Å²) in [6.07, 6.45) is 2.72. The van der Waals surface area contributed by atoms with E-state index in [0.717, 1.165) is 5.56 Å². The normalized spacial score (nSPS) is 12.2. The number of aromatic nitrogens is 3. The van der Waals surface area contributed by atoms with Gasteiger partial charge >= 0.3 is 0 Å². The van der Waals surface area contributed by atoms with Crippen molar-refractivity contribution < 1.29 is 9.90 Å². The Kier molecular flexibility index (Phi) is 3.62. The van der Waals surface area contributed by atoms with Crippen LogP contribution in [-0.2, 0) is 0 Å².